The minimum atomic E-state index is -3.68. The summed E-state index contributed by atoms with van der Waals surface area (Å²) in [5, 5.41) is 5.04. The number of unbranched alkanes of at least 4 members (excludes halogenated alkanes) is 1. The molecule has 0 aliphatic carbocycles. The van der Waals surface area contributed by atoms with Gasteiger partial charge in [0, 0.05) is 36.5 Å². The fraction of sp³-hybridized carbons (Fsp3) is 0.357. The molecule has 37 heavy (non-hydrogen) atoms. The molecule has 1 aliphatic rings. The summed E-state index contributed by atoms with van der Waals surface area (Å²) in [6.07, 6.45) is 2.24. The summed E-state index contributed by atoms with van der Waals surface area (Å²) < 4.78 is 27.9. The third kappa shape index (κ3) is 5.75. The zero-order chi connectivity index (χ0) is 26.6. The van der Waals surface area contributed by atoms with Crippen LogP contribution in [0.5, 0.6) is 0 Å². The van der Waals surface area contributed by atoms with E-state index in [1.807, 2.05) is 37.3 Å². The molecular weight excluding hydrogens is 510 g/mol. The van der Waals surface area contributed by atoms with Gasteiger partial charge in [0.2, 0.25) is 11.8 Å². The Kier molecular flexibility index (Phi) is 8.39. The fourth-order valence-electron chi connectivity index (χ4n) is 4.67. The number of nitrogens with zero attached hydrogens (tertiary/aromatic N) is 2. The number of anilines is 1. The summed E-state index contributed by atoms with van der Waals surface area (Å²) in [7, 11) is -3.68. The van der Waals surface area contributed by atoms with Crippen LogP contribution in [0, 0.1) is 0 Å². The van der Waals surface area contributed by atoms with Crippen molar-refractivity contribution in [3.05, 3.63) is 71.2 Å². The zero-order valence-corrected chi connectivity index (χ0v) is 22.7. The van der Waals surface area contributed by atoms with E-state index >= 15 is 0 Å². The van der Waals surface area contributed by atoms with E-state index in [0.717, 1.165) is 29.2 Å². The van der Waals surface area contributed by atoms with Crippen LogP contribution in [-0.4, -0.2) is 44.3 Å². The molecule has 0 saturated carbocycles. The lowest BCUT2D eigenvalue weighted by molar-refractivity contribution is -0.140. The van der Waals surface area contributed by atoms with E-state index in [1.165, 1.54) is 4.31 Å². The second-order valence-corrected chi connectivity index (χ2v) is 11.6. The topological polar surface area (TPSA) is 86.8 Å². The summed E-state index contributed by atoms with van der Waals surface area (Å²) in [4.78, 5) is 28.0. The fourth-order valence-corrected chi connectivity index (χ4v) is 6.63. The van der Waals surface area contributed by atoms with Crippen molar-refractivity contribution >= 4 is 49.9 Å². The van der Waals surface area contributed by atoms with Crippen LogP contribution in [0.3, 0.4) is 0 Å². The van der Waals surface area contributed by atoms with Crippen LogP contribution >= 0.6 is 11.6 Å². The Balaban J connectivity index is 1.48. The molecule has 0 unspecified atom stereocenters. The number of hydrogen-bond acceptors (Lipinski definition) is 4. The van der Waals surface area contributed by atoms with Gasteiger partial charge in [0.25, 0.3) is 10.0 Å². The molecular formula is C28H32ClN3O4S. The number of hydrogen-bond donors (Lipinski definition) is 1. The van der Waals surface area contributed by atoms with Gasteiger partial charge in [-0.3, -0.25) is 13.9 Å². The van der Waals surface area contributed by atoms with E-state index in [4.69, 9.17) is 11.6 Å². The average molecular weight is 542 g/mol. The molecule has 9 heteroatoms. The first-order valence-electron chi connectivity index (χ1n) is 12.6. The van der Waals surface area contributed by atoms with Crippen molar-refractivity contribution in [3.63, 3.8) is 0 Å². The number of nitrogens with one attached hydrogen (secondary N) is 1. The number of carbonyl (C=O) groups is 2. The number of benzene rings is 3. The number of rotatable bonds is 11. The zero-order valence-electron chi connectivity index (χ0n) is 21.1. The van der Waals surface area contributed by atoms with Gasteiger partial charge in [0.1, 0.15) is 6.04 Å². The van der Waals surface area contributed by atoms with Gasteiger partial charge in [0.15, 0.2) is 0 Å². The van der Waals surface area contributed by atoms with Crippen LogP contribution < -0.4 is 9.62 Å². The summed E-state index contributed by atoms with van der Waals surface area (Å²) >= 11 is 6.14. The summed E-state index contributed by atoms with van der Waals surface area (Å²) in [6.45, 7) is 4.71. The maximum atomic E-state index is 13.4. The van der Waals surface area contributed by atoms with Crippen LogP contribution in [0.25, 0.3) is 10.8 Å². The normalized spacial score (nSPS) is 14.5. The third-order valence-electron chi connectivity index (χ3n) is 6.67. The molecule has 0 aromatic heterocycles. The van der Waals surface area contributed by atoms with Gasteiger partial charge in [-0.2, -0.15) is 0 Å². The van der Waals surface area contributed by atoms with Crippen molar-refractivity contribution < 1.29 is 18.0 Å². The van der Waals surface area contributed by atoms with Crippen LogP contribution in [0.4, 0.5) is 5.69 Å². The minimum Gasteiger partial charge on any atom is -0.354 e. The molecule has 1 atom stereocenters. The molecule has 0 radical (unpaired) electrons. The van der Waals surface area contributed by atoms with Crippen LogP contribution in [0.15, 0.2) is 65.6 Å². The van der Waals surface area contributed by atoms with E-state index < -0.39 is 16.1 Å². The van der Waals surface area contributed by atoms with Crippen molar-refractivity contribution in [3.8, 4) is 0 Å². The lowest BCUT2D eigenvalue weighted by atomic mass is 10.1. The van der Waals surface area contributed by atoms with Gasteiger partial charge >= 0.3 is 0 Å². The molecule has 0 bridgehead atoms. The van der Waals surface area contributed by atoms with E-state index in [2.05, 4.69) is 5.32 Å². The monoisotopic (exact) mass is 541 g/mol. The predicted octanol–water partition coefficient (Wildman–Crippen LogP) is 5.12. The average Bonchev–Trinajstić information content (AvgIpc) is 3.10. The van der Waals surface area contributed by atoms with Gasteiger partial charge in [-0.05, 0) is 55.0 Å². The van der Waals surface area contributed by atoms with Gasteiger partial charge in [-0.25, -0.2) is 8.42 Å². The van der Waals surface area contributed by atoms with Crippen molar-refractivity contribution in [2.24, 2.45) is 0 Å². The summed E-state index contributed by atoms with van der Waals surface area (Å²) in [6, 6.07) is 17.3. The molecule has 196 valence electrons. The largest absolute Gasteiger partial charge is 0.354 e. The maximum Gasteiger partial charge on any atom is 0.265 e. The molecule has 1 aliphatic heterocycles. The first-order valence-corrected chi connectivity index (χ1v) is 14.4. The van der Waals surface area contributed by atoms with Crippen LogP contribution in [0.2, 0.25) is 5.02 Å². The second kappa shape index (κ2) is 11.5. The highest BCUT2D eigenvalue weighted by atomic mass is 35.5. The molecule has 3 aromatic rings. The van der Waals surface area contributed by atoms with E-state index in [1.54, 1.807) is 42.2 Å². The van der Waals surface area contributed by atoms with Gasteiger partial charge in [0.05, 0.1) is 10.6 Å². The Morgan fingerprint density at radius 2 is 1.78 bits per heavy atom. The highest BCUT2D eigenvalue weighted by Gasteiger charge is 2.35. The third-order valence-corrected chi connectivity index (χ3v) is 8.76. The molecule has 0 spiro atoms. The van der Waals surface area contributed by atoms with E-state index in [0.29, 0.717) is 28.6 Å². The van der Waals surface area contributed by atoms with Crippen molar-refractivity contribution in [2.75, 3.05) is 17.4 Å². The lowest BCUT2D eigenvalue weighted by Crippen LogP contribution is -2.47. The van der Waals surface area contributed by atoms with Gasteiger partial charge in [-0.15, -0.1) is 0 Å². The van der Waals surface area contributed by atoms with Gasteiger partial charge < -0.3 is 10.2 Å². The van der Waals surface area contributed by atoms with E-state index in [-0.39, 0.29) is 31.3 Å². The molecule has 4 rings (SSSR count). The highest BCUT2D eigenvalue weighted by Crippen LogP contribution is 2.42. The SMILES string of the molecule is CCCCNC(=O)[C@H](C)N(Cc1cccc(Cl)c1)C(=O)CCCN1c2cccc3cccc(c23)S1(=O)=O. The number of sulfonamides is 1. The van der Waals surface area contributed by atoms with Crippen LogP contribution in [-0.2, 0) is 26.2 Å². The molecule has 2 amide bonds. The Hall–Kier alpha value is -3.10. The Bertz CT molecular complexity index is 1400. The molecule has 1 heterocycles. The van der Waals surface area contributed by atoms with Gasteiger partial charge in [-0.1, -0.05) is 61.3 Å². The first kappa shape index (κ1) is 26.9. The highest BCUT2D eigenvalue weighted by molar-refractivity contribution is 7.93. The molecule has 0 fully saturated rings. The first-order chi connectivity index (χ1) is 17.7. The van der Waals surface area contributed by atoms with Crippen molar-refractivity contribution in [1.29, 1.82) is 0 Å². The Labute approximate surface area is 223 Å². The standard InChI is InChI=1S/C28H32ClN3O4S/c1-3-4-16-30-28(34)20(2)31(19-21-9-5-12-23(29)18-21)26(33)15-8-17-32-24-13-6-10-22-11-7-14-25(27(22)24)37(32,35)36/h5-7,9-14,18,20H,3-4,8,15-17,19H2,1-2H3,(H,30,34)/t20-/m0/s1. The summed E-state index contributed by atoms with van der Waals surface area (Å²) in [5.74, 6) is -0.432. The quantitative estimate of drug-likeness (QED) is 0.341. The number of amides is 2. The summed E-state index contributed by atoms with van der Waals surface area (Å²) in [5.41, 5.74) is 1.46. The predicted molar refractivity (Wildman–Crippen MR) is 147 cm³/mol. The smallest absolute Gasteiger partial charge is 0.265 e. The Morgan fingerprint density at radius 3 is 2.51 bits per heavy atom. The minimum absolute atomic E-state index is 0.103. The van der Waals surface area contributed by atoms with Crippen molar-refractivity contribution in [2.45, 2.75) is 57.0 Å². The molecule has 7 nitrogen and oxygen atoms in total. The molecule has 0 saturated heterocycles. The maximum absolute atomic E-state index is 13.4. The molecule has 3 aromatic carbocycles. The molecule has 1 N–H and O–H groups in total. The Morgan fingerprint density at radius 1 is 1.05 bits per heavy atom. The number of carbonyl (C=O) groups excluding carboxylic acids is 2. The van der Waals surface area contributed by atoms with E-state index in [9.17, 15) is 18.0 Å². The lowest BCUT2D eigenvalue weighted by Gasteiger charge is -2.29. The second-order valence-electron chi connectivity index (χ2n) is 9.28. The van der Waals surface area contributed by atoms with Crippen LogP contribution in [0.1, 0.15) is 45.1 Å². The van der Waals surface area contributed by atoms with Crippen molar-refractivity contribution in [1.82, 2.24) is 10.2 Å². The number of halogens is 1.